The Morgan fingerprint density at radius 3 is 2.71 bits per heavy atom. The van der Waals surface area contributed by atoms with Crippen molar-refractivity contribution in [1.29, 1.82) is 0 Å². The number of halogens is 1. The molecule has 0 saturated heterocycles. The van der Waals surface area contributed by atoms with Crippen molar-refractivity contribution in [2.24, 2.45) is 0 Å². The maximum absolute atomic E-state index is 11.4. The lowest BCUT2D eigenvalue weighted by Crippen LogP contribution is -2.42. The van der Waals surface area contributed by atoms with Crippen molar-refractivity contribution in [3.05, 3.63) is 46.9 Å². The van der Waals surface area contributed by atoms with Crippen LogP contribution >= 0.6 is 12.4 Å². The van der Waals surface area contributed by atoms with Gasteiger partial charge in [0.1, 0.15) is 18.5 Å². The number of benzene rings is 1. The molecule has 3 N–H and O–H groups in total. The van der Waals surface area contributed by atoms with Crippen LogP contribution < -0.4 is 15.6 Å². The number of nitrogens with zero attached hydrogens (tertiary/aromatic N) is 1. The van der Waals surface area contributed by atoms with E-state index < -0.39 is 6.10 Å². The summed E-state index contributed by atoms with van der Waals surface area (Å²) in [6.07, 6.45) is 0.945. The molecule has 0 radical (unpaired) electrons. The molecule has 1 unspecified atom stereocenters. The molecule has 0 bridgehead atoms. The summed E-state index contributed by atoms with van der Waals surface area (Å²) in [6, 6.07) is 8.83. The fourth-order valence-corrected chi connectivity index (χ4v) is 2.02. The Kier molecular flexibility index (Phi) is 7.41. The van der Waals surface area contributed by atoms with Crippen molar-refractivity contribution in [1.82, 2.24) is 15.5 Å². The molecule has 24 heavy (non-hydrogen) atoms. The van der Waals surface area contributed by atoms with Gasteiger partial charge in [-0.15, -0.1) is 12.4 Å². The highest BCUT2D eigenvalue weighted by atomic mass is 35.5. The number of aromatic amines is 1. The van der Waals surface area contributed by atoms with Gasteiger partial charge >= 0.3 is 0 Å². The third kappa shape index (κ3) is 6.31. The Balaban J connectivity index is 0.00000288. The second kappa shape index (κ2) is 8.82. The third-order valence-electron chi connectivity index (χ3n) is 3.16. The Morgan fingerprint density at radius 1 is 1.33 bits per heavy atom. The quantitative estimate of drug-likeness (QED) is 0.739. The molecule has 1 aromatic carbocycles. The molecule has 1 aromatic heterocycles. The number of para-hydroxylation sites is 1. The largest absolute Gasteiger partial charge is 0.490 e. The molecule has 0 aliphatic heterocycles. The van der Waals surface area contributed by atoms with E-state index in [1.165, 1.54) is 6.07 Å². The van der Waals surface area contributed by atoms with Gasteiger partial charge in [0.25, 0.3) is 5.56 Å². The van der Waals surface area contributed by atoms with Gasteiger partial charge in [-0.3, -0.25) is 4.79 Å². The van der Waals surface area contributed by atoms with E-state index in [1.54, 1.807) is 12.3 Å². The van der Waals surface area contributed by atoms with E-state index in [0.29, 0.717) is 17.9 Å². The third-order valence-corrected chi connectivity index (χ3v) is 3.16. The summed E-state index contributed by atoms with van der Waals surface area (Å²) in [5.74, 6) is 0.606. The van der Waals surface area contributed by atoms with E-state index in [1.807, 2.05) is 39.0 Å². The predicted octanol–water partition coefficient (Wildman–Crippen LogP) is 1.99. The summed E-state index contributed by atoms with van der Waals surface area (Å²) in [5.41, 5.74) is 1.11. The topological polar surface area (TPSA) is 87.2 Å². The monoisotopic (exact) mass is 353 g/mol. The minimum atomic E-state index is -0.625. The Morgan fingerprint density at radius 2 is 2.04 bits per heavy atom. The number of H-pyrrole nitrogens is 1. The molecule has 0 aliphatic rings. The number of hydrogen-bond donors (Lipinski definition) is 3. The van der Waals surface area contributed by atoms with Gasteiger partial charge in [0.15, 0.2) is 0 Å². The fourth-order valence-electron chi connectivity index (χ4n) is 2.02. The maximum atomic E-state index is 11.4. The van der Waals surface area contributed by atoms with E-state index in [4.69, 9.17) is 4.74 Å². The predicted molar refractivity (Wildman–Crippen MR) is 96.8 cm³/mol. The summed E-state index contributed by atoms with van der Waals surface area (Å²) in [5, 5.41) is 19.4. The minimum absolute atomic E-state index is 0. The van der Waals surface area contributed by atoms with Crippen LogP contribution in [-0.2, 0) is 0 Å². The van der Waals surface area contributed by atoms with Crippen molar-refractivity contribution in [2.45, 2.75) is 32.4 Å². The fraction of sp³-hybridized carbons (Fsp3) is 0.412. The van der Waals surface area contributed by atoms with Crippen molar-refractivity contribution < 1.29 is 9.84 Å². The van der Waals surface area contributed by atoms with Crippen LogP contribution in [0, 0.1) is 0 Å². The van der Waals surface area contributed by atoms with E-state index in [2.05, 4.69) is 15.5 Å². The second-order valence-electron chi connectivity index (χ2n) is 6.43. The van der Waals surface area contributed by atoms with Gasteiger partial charge in [-0.05, 0) is 26.8 Å². The van der Waals surface area contributed by atoms with E-state index in [0.717, 1.165) is 5.56 Å². The van der Waals surface area contributed by atoms with Gasteiger partial charge in [-0.25, -0.2) is 5.10 Å². The lowest BCUT2D eigenvalue weighted by Gasteiger charge is -2.23. The first-order valence-corrected chi connectivity index (χ1v) is 7.55. The summed E-state index contributed by atoms with van der Waals surface area (Å²) < 4.78 is 5.73. The number of β-amino-alcohol motifs (C(OH)–C–C–N with tert-alkyl or cyclic N) is 1. The van der Waals surface area contributed by atoms with Crippen LogP contribution in [0.5, 0.6) is 5.75 Å². The molecule has 1 atom stereocenters. The Bertz CT molecular complexity index is 698. The molecule has 6 nitrogen and oxygen atoms in total. The van der Waals surface area contributed by atoms with Crippen LogP contribution in [0.1, 0.15) is 20.8 Å². The number of aliphatic hydroxyl groups is 1. The molecule has 0 saturated carbocycles. The Labute approximate surface area is 147 Å². The van der Waals surface area contributed by atoms with Gasteiger partial charge in [-0.1, -0.05) is 18.2 Å². The average Bonchev–Trinajstić information content (AvgIpc) is 2.50. The van der Waals surface area contributed by atoms with E-state index >= 15 is 0 Å². The number of ether oxygens (including phenoxy) is 1. The molecule has 1 heterocycles. The molecular weight excluding hydrogens is 330 g/mol. The second-order valence-corrected chi connectivity index (χ2v) is 6.43. The molecule has 2 aromatic rings. The van der Waals surface area contributed by atoms with Crippen LogP contribution in [0.15, 0.2) is 41.3 Å². The lowest BCUT2D eigenvalue weighted by molar-refractivity contribution is 0.100. The SMILES string of the molecule is CC(C)(C)NCC(O)COc1ccccc1-c1cn[nH]c(=O)c1.Cl. The summed E-state index contributed by atoms with van der Waals surface area (Å²) in [7, 11) is 0. The van der Waals surface area contributed by atoms with Gasteiger partial charge in [0, 0.05) is 29.3 Å². The average molecular weight is 354 g/mol. The first-order valence-electron chi connectivity index (χ1n) is 7.55. The zero-order chi connectivity index (χ0) is 16.9. The van der Waals surface area contributed by atoms with Gasteiger partial charge in [-0.2, -0.15) is 5.10 Å². The zero-order valence-electron chi connectivity index (χ0n) is 14.1. The molecule has 2 rings (SSSR count). The first kappa shape index (κ1) is 20.2. The highest BCUT2D eigenvalue weighted by Gasteiger charge is 2.14. The molecule has 0 aliphatic carbocycles. The van der Waals surface area contributed by atoms with Crippen molar-refractivity contribution >= 4 is 12.4 Å². The molecule has 132 valence electrons. The number of nitrogens with one attached hydrogen (secondary N) is 2. The number of aliphatic hydroxyl groups excluding tert-OH is 1. The summed E-state index contributed by atoms with van der Waals surface area (Å²) in [6.45, 7) is 6.72. The molecule has 0 amide bonds. The summed E-state index contributed by atoms with van der Waals surface area (Å²) >= 11 is 0. The normalized spacial score (nSPS) is 12.3. The first-order chi connectivity index (χ1) is 10.8. The van der Waals surface area contributed by atoms with Crippen LogP contribution in [0.25, 0.3) is 11.1 Å². The molecule has 7 heteroatoms. The zero-order valence-corrected chi connectivity index (χ0v) is 14.9. The highest BCUT2D eigenvalue weighted by molar-refractivity contribution is 5.85. The number of rotatable bonds is 6. The molecule has 0 spiro atoms. The van der Waals surface area contributed by atoms with Gasteiger partial charge < -0.3 is 15.2 Å². The molecular formula is C17H24ClN3O3. The smallest absolute Gasteiger partial charge is 0.264 e. The van der Waals surface area contributed by atoms with Gasteiger partial charge in [0.05, 0.1) is 6.20 Å². The minimum Gasteiger partial charge on any atom is -0.490 e. The van der Waals surface area contributed by atoms with Crippen LogP contribution in [0.3, 0.4) is 0 Å². The van der Waals surface area contributed by atoms with Crippen molar-refractivity contribution in [2.75, 3.05) is 13.2 Å². The number of aromatic nitrogens is 2. The van der Waals surface area contributed by atoms with Crippen LogP contribution in [0.2, 0.25) is 0 Å². The summed E-state index contributed by atoms with van der Waals surface area (Å²) in [4.78, 5) is 11.4. The van der Waals surface area contributed by atoms with Crippen LogP contribution in [-0.4, -0.2) is 40.1 Å². The van der Waals surface area contributed by atoms with Gasteiger partial charge in [0.2, 0.25) is 0 Å². The van der Waals surface area contributed by atoms with Crippen molar-refractivity contribution in [3.63, 3.8) is 0 Å². The lowest BCUT2D eigenvalue weighted by atomic mass is 10.1. The van der Waals surface area contributed by atoms with E-state index in [9.17, 15) is 9.90 Å². The van der Waals surface area contributed by atoms with E-state index in [-0.39, 0.29) is 30.1 Å². The molecule has 0 fully saturated rings. The van der Waals surface area contributed by atoms with Crippen molar-refractivity contribution in [3.8, 4) is 16.9 Å². The number of hydrogen-bond acceptors (Lipinski definition) is 5. The maximum Gasteiger partial charge on any atom is 0.264 e. The van der Waals surface area contributed by atoms with Crippen LogP contribution in [0.4, 0.5) is 0 Å². The highest BCUT2D eigenvalue weighted by Crippen LogP contribution is 2.28. The standard InChI is InChI=1S/C17H23N3O3.ClH/c1-17(2,3)18-10-13(21)11-23-15-7-5-4-6-14(15)12-8-16(22)20-19-9-12;/h4-9,13,18,21H,10-11H2,1-3H3,(H,20,22);1H. The Hall–Kier alpha value is -1.89.